The molecule has 2 amide bonds. The van der Waals surface area contributed by atoms with Gasteiger partial charge in [0, 0.05) is 16.6 Å². The molecule has 11 heteroatoms. The Morgan fingerprint density at radius 2 is 2.00 bits per heavy atom. The number of ether oxygens (including phenoxy) is 1. The first-order valence-electron chi connectivity index (χ1n) is 14.2. The van der Waals surface area contributed by atoms with E-state index in [4.69, 9.17) is 14.0 Å². The minimum Gasteiger partial charge on any atom is -0.409 e. The number of thiophene rings is 1. The minimum absolute atomic E-state index is 0.0138. The van der Waals surface area contributed by atoms with E-state index in [2.05, 4.69) is 50.2 Å². The molecule has 2 aromatic heterocycles. The Bertz CT molecular complexity index is 1220. The van der Waals surface area contributed by atoms with Crippen molar-refractivity contribution in [3.63, 3.8) is 0 Å². The van der Waals surface area contributed by atoms with E-state index in [1.165, 1.54) is 13.1 Å². The molecule has 4 aliphatic rings. The number of rotatable bonds is 9. The van der Waals surface area contributed by atoms with Gasteiger partial charge in [-0.15, -0.1) is 11.3 Å². The number of amides is 2. The van der Waals surface area contributed by atoms with Crippen molar-refractivity contribution in [1.82, 2.24) is 15.6 Å². The molecule has 216 valence electrons. The van der Waals surface area contributed by atoms with E-state index in [1.54, 1.807) is 23.6 Å². The van der Waals surface area contributed by atoms with Crippen LogP contribution in [-0.2, 0) is 14.1 Å². The highest BCUT2D eigenvalue weighted by Crippen LogP contribution is 2.65. The van der Waals surface area contributed by atoms with Crippen LogP contribution in [0, 0.1) is 23.2 Å². The Labute approximate surface area is 240 Å². The second-order valence-electron chi connectivity index (χ2n) is 12.7. The fraction of sp³-hybridized carbons (Fsp3) is 0.621. The van der Waals surface area contributed by atoms with Crippen LogP contribution in [0.1, 0.15) is 60.8 Å². The minimum atomic E-state index is -1.23. The lowest BCUT2D eigenvalue weighted by molar-refractivity contribution is -0.199. The van der Waals surface area contributed by atoms with Gasteiger partial charge in [-0.3, -0.25) is 9.78 Å². The quantitative estimate of drug-likeness (QED) is 0.382. The topological polar surface area (TPSA) is 119 Å². The van der Waals surface area contributed by atoms with E-state index in [-0.39, 0.29) is 23.2 Å². The maximum Gasteiger partial charge on any atom is 0.481 e. The third-order valence-electron chi connectivity index (χ3n) is 9.12. The number of aliphatic hydroxyl groups is 1. The molecule has 7 atom stereocenters. The number of nitrogens with one attached hydrogen (secondary N) is 2. The SMILES string of the molecule is CC(C)C[C@H](NC(=O)[C@@H](NC(=O)Oc1cncc(-c2cccs2)c1)[C@@H](C)O)B1O[C@@H]2C[C@@H]3C[C@@H](C3(C)C)[C@]2(C)O1. The fourth-order valence-corrected chi connectivity index (χ4v) is 7.52. The lowest BCUT2D eigenvalue weighted by Gasteiger charge is -2.64. The molecule has 40 heavy (non-hydrogen) atoms. The second-order valence-corrected chi connectivity index (χ2v) is 13.7. The molecule has 3 heterocycles. The molecule has 6 rings (SSSR count). The molecule has 0 unspecified atom stereocenters. The molecule has 1 aliphatic heterocycles. The number of nitrogens with zero attached hydrogens (tertiary/aromatic N) is 1. The number of pyridine rings is 1. The molecule has 2 bridgehead atoms. The summed E-state index contributed by atoms with van der Waals surface area (Å²) in [7, 11) is -0.607. The van der Waals surface area contributed by atoms with Gasteiger partial charge < -0.3 is 29.8 Å². The monoisotopic (exact) mass is 569 g/mol. The standard InChI is InChI=1S/C29H40BN3O6S/c1-16(2)10-24(30-38-23-13-19-12-22(28(19,4)5)29(23,6)39-30)32-26(35)25(17(3)34)33-27(36)37-20-11-18(14-31-15-20)21-8-7-9-40-21/h7-9,11,14-17,19,22-25,34H,10,12-13H2,1-6H3,(H,32,35)(H,33,36)/t17-,19+,22+,23-,24+,25+,29+/m1/s1. The zero-order chi connectivity index (χ0) is 28.8. The molecule has 4 fully saturated rings. The molecule has 3 aliphatic carbocycles. The first-order valence-corrected chi connectivity index (χ1v) is 15.1. The number of hydrogen-bond acceptors (Lipinski definition) is 8. The van der Waals surface area contributed by atoms with Crippen molar-refractivity contribution in [1.29, 1.82) is 0 Å². The number of carbonyl (C=O) groups is 2. The lowest BCUT2D eigenvalue weighted by Crippen LogP contribution is -2.65. The maximum absolute atomic E-state index is 13.4. The summed E-state index contributed by atoms with van der Waals surface area (Å²) in [5.74, 6) is 0.534. The van der Waals surface area contributed by atoms with Crippen molar-refractivity contribution in [3.05, 3.63) is 36.0 Å². The van der Waals surface area contributed by atoms with Gasteiger partial charge in [-0.25, -0.2) is 4.79 Å². The predicted octanol–water partition coefficient (Wildman–Crippen LogP) is 4.45. The first-order chi connectivity index (χ1) is 18.9. The predicted molar refractivity (Wildman–Crippen MR) is 154 cm³/mol. The van der Waals surface area contributed by atoms with Crippen LogP contribution in [0.3, 0.4) is 0 Å². The van der Waals surface area contributed by atoms with Gasteiger partial charge >= 0.3 is 13.2 Å². The third kappa shape index (κ3) is 5.53. The summed E-state index contributed by atoms with van der Waals surface area (Å²) in [6.07, 6.45) is 3.78. The number of aromatic nitrogens is 1. The normalized spacial score (nSPS) is 28.7. The zero-order valence-electron chi connectivity index (χ0n) is 24.0. The van der Waals surface area contributed by atoms with Gasteiger partial charge in [-0.2, -0.15) is 0 Å². The van der Waals surface area contributed by atoms with Crippen LogP contribution < -0.4 is 15.4 Å². The Morgan fingerprint density at radius 1 is 1.23 bits per heavy atom. The largest absolute Gasteiger partial charge is 0.481 e. The average Bonchev–Trinajstić information content (AvgIpc) is 3.54. The molecule has 1 saturated heterocycles. The summed E-state index contributed by atoms with van der Waals surface area (Å²) < 4.78 is 18.5. The van der Waals surface area contributed by atoms with Crippen molar-refractivity contribution >= 4 is 30.5 Å². The van der Waals surface area contributed by atoms with E-state index in [0.29, 0.717) is 18.3 Å². The molecule has 3 N–H and O–H groups in total. The number of hydrogen-bond donors (Lipinski definition) is 3. The van der Waals surface area contributed by atoms with Gasteiger partial charge in [0.15, 0.2) is 5.75 Å². The average molecular weight is 570 g/mol. The molecular weight excluding hydrogens is 529 g/mol. The van der Waals surface area contributed by atoms with Crippen LogP contribution in [0.4, 0.5) is 4.79 Å². The van der Waals surface area contributed by atoms with Gasteiger partial charge in [-0.1, -0.05) is 33.8 Å². The Hall–Kier alpha value is -2.47. The van der Waals surface area contributed by atoms with Gasteiger partial charge in [0.2, 0.25) is 5.91 Å². The van der Waals surface area contributed by atoms with E-state index >= 15 is 0 Å². The van der Waals surface area contributed by atoms with Crippen molar-refractivity contribution in [2.45, 2.75) is 90.6 Å². The van der Waals surface area contributed by atoms with Gasteiger partial charge in [0.25, 0.3) is 0 Å². The summed E-state index contributed by atoms with van der Waals surface area (Å²) >= 11 is 1.55. The van der Waals surface area contributed by atoms with Crippen molar-refractivity contribution < 1.29 is 28.7 Å². The Kier molecular flexibility index (Phi) is 8.04. The summed E-state index contributed by atoms with van der Waals surface area (Å²) in [5.41, 5.74) is 0.620. The second kappa shape index (κ2) is 11.1. The van der Waals surface area contributed by atoms with Crippen LogP contribution in [-0.4, -0.2) is 59.0 Å². The molecule has 0 radical (unpaired) electrons. The van der Waals surface area contributed by atoms with E-state index < -0.39 is 42.8 Å². The van der Waals surface area contributed by atoms with Crippen LogP contribution in [0.2, 0.25) is 0 Å². The molecule has 3 saturated carbocycles. The van der Waals surface area contributed by atoms with Crippen molar-refractivity contribution in [2.75, 3.05) is 0 Å². The molecule has 0 spiro atoms. The summed E-state index contributed by atoms with van der Waals surface area (Å²) in [4.78, 5) is 31.3. The highest BCUT2D eigenvalue weighted by Gasteiger charge is 2.68. The Morgan fingerprint density at radius 3 is 2.65 bits per heavy atom. The fourth-order valence-electron chi connectivity index (χ4n) is 6.81. The molecule has 0 aromatic carbocycles. The summed E-state index contributed by atoms with van der Waals surface area (Å²) in [6.45, 7) is 12.4. The Balaban J connectivity index is 1.24. The third-order valence-corrected chi connectivity index (χ3v) is 10.0. The molecule has 9 nitrogen and oxygen atoms in total. The van der Waals surface area contributed by atoms with Crippen molar-refractivity contribution in [3.8, 4) is 16.2 Å². The maximum atomic E-state index is 13.4. The first kappa shape index (κ1) is 29.0. The van der Waals surface area contributed by atoms with Crippen LogP contribution in [0.5, 0.6) is 5.75 Å². The number of aliphatic hydroxyl groups excluding tert-OH is 1. The molecule has 2 aromatic rings. The van der Waals surface area contributed by atoms with Gasteiger partial charge in [-0.05, 0) is 73.8 Å². The van der Waals surface area contributed by atoms with Gasteiger partial charge in [0.05, 0.1) is 29.9 Å². The van der Waals surface area contributed by atoms with Crippen LogP contribution in [0.25, 0.3) is 10.4 Å². The lowest BCUT2D eigenvalue weighted by atomic mass is 9.43. The van der Waals surface area contributed by atoms with Crippen LogP contribution in [0.15, 0.2) is 36.0 Å². The van der Waals surface area contributed by atoms with Gasteiger partial charge in [0.1, 0.15) is 6.04 Å². The highest BCUT2D eigenvalue weighted by atomic mass is 32.1. The zero-order valence-corrected chi connectivity index (χ0v) is 24.9. The van der Waals surface area contributed by atoms with E-state index in [1.807, 2.05) is 17.5 Å². The highest BCUT2D eigenvalue weighted by molar-refractivity contribution is 7.13. The summed E-state index contributed by atoms with van der Waals surface area (Å²) in [5, 5.41) is 17.9. The van der Waals surface area contributed by atoms with Crippen LogP contribution >= 0.6 is 11.3 Å². The van der Waals surface area contributed by atoms with E-state index in [9.17, 15) is 14.7 Å². The summed E-state index contributed by atoms with van der Waals surface area (Å²) in [6, 6.07) is 4.35. The smallest absolute Gasteiger partial charge is 0.409 e. The molecular formula is C29H40BN3O6S. The number of carbonyl (C=O) groups excluding carboxylic acids is 2. The van der Waals surface area contributed by atoms with E-state index in [0.717, 1.165) is 23.3 Å². The van der Waals surface area contributed by atoms with Crippen molar-refractivity contribution in [2.24, 2.45) is 23.2 Å².